The summed E-state index contributed by atoms with van der Waals surface area (Å²) in [4.78, 5) is 0. The molecule has 0 saturated heterocycles. The van der Waals surface area contributed by atoms with Crippen LogP contribution in [0.2, 0.25) is 0 Å². The van der Waals surface area contributed by atoms with E-state index in [2.05, 4.69) is 5.32 Å². The molecule has 0 aliphatic rings. The Bertz CT molecular complexity index is 285. The van der Waals surface area contributed by atoms with E-state index in [4.69, 9.17) is 10.5 Å². The van der Waals surface area contributed by atoms with Crippen molar-refractivity contribution in [3.8, 4) is 0 Å². The Morgan fingerprint density at radius 2 is 1.76 bits per heavy atom. The van der Waals surface area contributed by atoms with Gasteiger partial charge in [0.2, 0.25) is 0 Å². The van der Waals surface area contributed by atoms with Crippen molar-refractivity contribution in [2.75, 3.05) is 30.8 Å². The molecular weight excluding hydrogens is 212 g/mol. The fraction of sp³-hybridized carbons (Fsp3) is 0.571. The maximum atomic E-state index is 5.62. The molecule has 0 heterocycles. The Kier molecular flexibility index (Phi) is 7.23. The number of benzene rings is 1. The summed E-state index contributed by atoms with van der Waals surface area (Å²) < 4.78 is 5.29. The van der Waals surface area contributed by atoms with Crippen molar-refractivity contribution in [3.63, 3.8) is 0 Å². The average Bonchev–Trinajstić information content (AvgIpc) is 2.35. The maximum absolute atomic E-state index is 5.62. The molecule has 3 nitrogen and oxygen atoms in total. The van der Waals surface area contributed by atoms with E-state index in [1.807, 2.05) is 31.2 Å². The summed E-state index contributed by atoms with van der Waals surface area (Å²) in [7, 11) is 0. The molecule has 3 heteroatoms. The number of nitrogen functional groups attached to an aromatic ring is 1. The zero-order chi connectivity index (χ0) is 12.3. The van der Waals surface area contributed by atoms with Crippen LogP contribution in [-0.2, 0) is 4.74 Å². The molecule has 0 unspecified atom stereocenters. The molecule has 96 valence electrons. The maximum Gasteiger partial charge on any atom is 0.0465 e. The van der Waals surface area contributed by atoms with Crippen molar-refractivity contribution in [3.05, 3.63) is 24.3 Å². The number of nitrogens with one attached hydrogen (secondary N) is 1. The third-order valence-electron chi connectivity index (χ3n) is 2.66. The van der Waals surface area contributed by atoms with Crippen molar-refractivity contribution in [1.29, 1.82) is 0 Å². The van der Waals surface area contributed by atoms with E-state index in [0.29, 0.717) is 0 Å². The van der Waals surface area contributed by atoms with Crippen LogP contribution in [0.25, 0.3) is 0 Å². The Morgan fingerprint density at radius 3 is 2.47 bits per heavy atom. The monoisotopic (exact) mass is 236 g/mol. The molecule has 1 aromatic rings. The van der Waals surface area contributed by atoms with E-state index in [9.17, 15) is 0 Å². The van der Waals surface area contributed by atoms with Crippen LogP contribution in [0.3, 0.4) is 0 Å². The van der Waals surface area contributed by atoms with Gasteiger partial charge in [-0.2, -0.15) is 0 Å². The highest BCUT2D eigenvalue weighted by atomic mass is 16.5. The van der Waals surface area contributed by atoms with Gasteiger partial charge in [-0.05, 0) is 44.0 Å². The van der Waals surface area contributed by atoms with Gasteiger partial charge in [-0.1, -0.05) is 12.8 Å². The van der Waals surface area contributed by atoms with Gasteiger partial charge in [0.1, 0.15) is 0 Å². The second-order valence-corrected chi connectivity index (χ2v) is 4.16. The van der Waals surface area contributed by atoms with Crippen LogP contribution in [0.4, 0.5) is 11.4 Å². The zero-order valence-corrected chi connectivity index (χ0v) is 10.7. The lowest BCUT2D eigenvalue weighted by Gasteiger charge is -2.06. The topological polar surface area (TPSA) is 47.3 Å². The highest BCUT2D eigenvalue weighted by Crippen LogP contribution is 2.10. The molecule has 3 N–H and O–H groups in total. The fourth-order valence-corrected chi connectivity index (χ4v) is 1.66. The summed E-state index contributed by atoms with van der Waals surface area (Å²) in [6.45, 7) is 4.80. The predicted molar refractivity (Wildman–Crippen MR) is 74.3 cm³/mol. The van der Waals surface area contributed by atoms with E-state index in [1.54, 1.807) is 0 Å². The summed E-state index contributed by atoms with van der Waals surface area (Å²) in [5.41, 5.74) is 7.58. The molecule has 0 fully saturated rings. The Morgan fingerprint density at radius 1 is 1.06 bits per heavy atom. The van der Waals surface area contributed by atoms with Gasteiger partial charge in [-0.15, -0.1) is 0 Å². The van der Waals surface area contributed by atoms with Gasteiger partial charge in [0.15, 0.2) is 0 Å². The van der Waals surface area contributed by atoms with Crippen LogP contribution in [0.5, 0.6) is 0 Å². The molecule has 0 aliphatic carbocycles. The first-order chi connectivity index (χ1) is 8.33. The third kappa shape index (κ3) is 6.84. The second kappa shape index (κ2) is 8.88. The standard InChI is InChI=1S/C14H24N2O/c1-2-17-12-6-4-3-5-11-16-14-9-7-13(15)8-10-14/h7-10,16H,2-6,11-12,15H2,1H3. The Hall–Kier alpha value is -1.22. The lowest BCUT2D eigenvalue weighted by atomic mass is 10.2. The summed E-state index contributed by atoms with van der Waals surface area (Å²) >= 11 is 0. The minimum atomic E-state index is 0.812. The summed E-state index contributed by atoms with van der Waals surface area (Å²) in [6.07, 6.45) is 4.89. The van der Waals surface area contributed by atoms with Gasteiger partial charge in [0.25, 0.3) is 0 Å². The minimum Gasteiger partial charge on any atom is -0.399 e. The zero-order valence-electron chi connectivity index (χ0n) is 10.7. The van der Waals surface area contributed by atoms with Crippen LogP contribution in [0, 0.1) is 0 Å². The molecule has 0 atom stereocenters. The first-order valence-electron chi connectivity index (χ1n) is 6.50. The molecule has 1 aromatic carbocycles. The number of nitrogens with two attached hydrogens (primary N) is 1. The Labute approximate surface area is 104 Å². The highest BCUT2D eigenvalue weighted by molar-refractivity contribution is 5.50. The van der Waals surface area contributed by atoms with Gasteiger partial charge in [0, 0.05) is 31.1 Å². The SMILES string of the molecule is CCOCCCCCCNc1ccc(N)cc1. The smallest absolute Gasteiger partial charge is 0.0465 e. The second-order valence-electron chi connectivity index (χ2n) is 4.16. The van der Waals surface area contributed by atoms with Crippen LogP contribution in [0.15, 0.2) is 24.3 Å². The average molecular weight is 236 g/mol. The third-order valence-corrected chi connectivity index (χ3v) is 2.66. The van der Waals surface area contributed by atoms with E-state index in [0.717, 1.165) is 31.1 Å². The molecular formula is C14H24N2O. The summed E-state index contributed by atoms with van der Waals surface area (Å²) in [5.74, 6) is 0. The van der Waals surface area contributed by atoms with Crippen LogP contribution < -0.4 is 11.1 Å². The van der Waals surface area contributed by atoms with Gasteiger partial charge in [-0.25, -0.2) is 0 Å². The van der Waals surface area contributed by atoms with Gasteiger partial charge >= 0.3 is 0 Å². The van der Waals surface area contributed by atoms with Gasteiger partial charge < -0.3 is 15.8 Å². The number of hydrogen-bond donors (Lipinski definition) is 2. The molecule has 0 saturated carbocycles. The van der Waals surface area contributed by atoms with E-state index < -0.39 is 0 Å². The molecule has 0 amide bonds. The van der Waals surface area contributed by atoms with E-state index in [-0.39, 0.29) is 0 Å². The first-order valence-corrected chi connectivity index (χ1v) is 6.50. The summed E-state index contributed by atoms with van der Waals surface area (Å²) in [6, 6.07) is 7.88. The van der Waals surface area contributed by atoms with Crippen molar-refractivity contribution >= 4 is 11.4 Å². The van der Waals surface area contributed by atoms with Crippen molar-refractivity contribution < 1.29 is 4.74 Å². The van der Waals surface area contributed by atoms with Crippen molar-refractivity contribution in [2.45, 2.75) is 32.6 Å². The van der Waals surface area contributed by atoms with Crippen LogP contribution in [0.1, 0.15) is 32.6 Å². The molecule has 1 rings (SSSR count). The minimum absolute atomic E-state index is 0.812. The normalized spacial score (nSPS) is 10.4. The number of unbranched alkanes of at least 4 members (excludes halogenated alkanes) is 3. The van der Waals surface area contributed by atoms with Gasteiger partial charge in [0.05, 0.1) is 0 Å². The van der Waals surface area contributed by atoms with Crippen molar-refractivity contribution in [2.24, 2.45) is 0 Å². The molecule has 17 heavy (non-hydrogen) atoms. The molecule has 0 aliphatic heterocycles. The quantitative estimate of drug-likeness (QED) is 0.511. The number of rotatable bonds is 9. The lowest BCUT2D eigenvalue weighted by molar-refractivity contribution is 0.143. The lowest BCUT2D eigenvalue weighted by Crippen LogP contribution is -2.01. The number of ether oxygens (including phenoxy) is 1. The highest BCUT2D eigenvalue weighted by Gasteiger charge is 1.93. The fourth-order valence-electron chi connectivity index (χ4n) is 1.66. The van der Waals surface area contributed by atoms with Gasteiger partial charge in [-0.3, -0.25) is 0 Å². The molecule has 0 aromatic heterocycles. The predicted octanol–water partition coefficient (Wildman–Crippen LogP) is 3.28. The molecule has 0 radical (unpaired) electrons. The largest absolute Gasteiger partial charge is 0.399 e. The summed E-state index contributed by atoms with van der Waals surface area (Å²) in [5, 5.41) is 3.39. The van der Waals surface area contributed by atoms with Crippen molar-refractivity contribution in [1.82, 2.24) is 0 Å². The number of anilines is 2. The van der Waals surface area contributed by atoms with E-state index in [1.165, 1.54) is 25.7 Å². The number of hydrogen-bond acceptors (Lipinski definition) is 3. The molecule has 0 bridgehead atoms. The first kappa shape index (κ1) is 13.8. The Balaban J connectivity index is 1.95. The van der Waals surface area contributed by atoms with Crippen LogP contribution in [-0.4, -0.2) is 19.8 Å². The molecule has 0 spiro atoms. The van der Waals surface area contributed by atoms with Crippen LogP contribution >= 0.6 is 0 Å². The van der Waals surface area contributed by atoms with E-state index >= 15 is 0 Å².